The van der Waals surface area contributed by atoms with Crippen molar-refractivity contribution in [3.05, 3.63) is 46.7 Å². The predicted octanol–water partition coefficient (Wildman–Crippen LogP) is 2.71. The van der Waals surface area contributed by atoms with Gasteiger partial charge in [0, 0.05) is 31.7 Å². The number of nitrogens with zero attached hydrogens (tertiary/aromatic N) is 1. The lowest BCUT2D eigenvalue weighted by molar-refractivity contribution is 0.0787. The number of carbonyl (C=O) groups excluding carboxylic acids is 1. The van der Waals surface area contributed by atoms with Gasteiger partial charge in [-0.05, 0) is 28.8 Å². The van der Waals surface area contributed by atoms with Crippen LogP contribution in [0.25, 0.3) is 11.1 Å². The standard InChI is InChI=1S/C17H18N2OS/c20-17(19-10-13-8-18-9-14(13)11-19)16-15(6-7-21-16)12-4-2-1-3-5-12/h1-7,13-14,18H,8-11H2/t13-,14+. The van der Waals surface area contributed by atoms with Crippen molar-refractivity contribution in [3.8, 4) is 11.1 Å². The number of carbonyl (C=O) groups is 1. The minimum atomic E-state index is 0.207. The van der Waals surface area contributed by atoms with Gasteiger partial charge in [0.05, 0.1) is 4.88 Å². The summed E-state index contributed by atoms with van der Waals surface area (Å²) in [6.07, 6.45) is 0. The molecule has 2 aliphatic heterocycles. The van der Waals surface area contributed by atoms with Crippen LogP contribution in [0, 0.1) is 11.8 Å². The summed E-state index contributed by atoms with van der Waals surface area (Å²) in [5, 5.41) is 5.44. The van der Waals surface area contributed by atoms with Gasteiger partial charge in [-0.25, -0.2) is 0 Å². The number of hydrogen-bond donors (Lipinski definition) is 1. The van der Waals surface area contributed by atoms with E-state index in [1.165, 1.54) is 0 Å². The zero-order chi connectivity index (χ0) is 14.2. The molecule has 0 saturated carbocycles. The Balaban J connectivity index is 1.60. The molecule has 3 nitrogen and oxygen atoms in total. The van der Waals surface area contributed by atoms with Gasteiger partial charge in [-0.15, -0.1) is 11.3 Å². The van der Waals surface area contributed by atoms with Crippen molar-refractivity contribution in [2.75, 3.05) is 26.2 Å². The summed E-state index contributed by atoms with van der Waals surface area (Å²) in [6.45, 7) is 3.93. The summed E-state index contributed by atoms with van der Waals surface area (Å²) >= 11 is 1.56. The van der Waals surface area contributed by atoms with Gasteiger partial charge >= 0.3 is 0 Å². The SMILES string of the molecule is O=C(c1sccc1-c1ccccc1)N1C[C@H]2CNC[C@H]2C1. The number of nitrogens with one attached hydrogen (secondary N) is 1. The Morgan fingerprint density at radius 1 is 1.10 bits per heavy atom. The first-order valence-electron chi connectivity index (χ1n) is 7.46. The topological polar surface area (TPSA) is 32.3 Å². The zero-order valence-corrected chi connectivity index (χ0v) is 12.6. The van der Waals surface area contributed by atoms with Crippen LogP contribution in [-0.4, -0.2) is 37.0 Å². The first-order valence-corrected chi connectivity index (χ1v) is 8.34. The van der Waals surface area contributed by atoms with Crippen molar-refractivity contribution in [2.45, 2.75) is 0 Å². The smallest absolute Gasteiger partial charge is 0.264 e. The highest BCUT2D eigenvalue weighted by atomic mass is 32.1. The fourth-order valence-electron chi connectivity index (χ4n) is 3.48. The van der Waals surface area contributed by atoms with E-state index in [9.17, 15) is 4.79 Å². The van der Waals surface area contributed by atoms with Crippen molar-refractivity contribution in [1.82, 2.24) is 10.2 Å². The average Bonchev–Trinajstić information content (AvgIpc) is 3.22. The van der Waals surface area contributed by atoms with Gasteiger partial charge in [0.2, 0.25) is 0 Å². The molecule has 108 valence electrons. The molecule has 21 heavy (non-hydrogen) atoms. The molecule has 2 atom stereocenters. The maximum Gasteiger partial charge on any atom is 0.264 e. The lowest BCUT2D eigenvalue weighted by atomic mass is 10.0. The minimum Gasteiger partial charge on any atom is -0.337 e. The van der Waals surface area contributed by atoms with E-state index < -0.39 is 0 Å². The van der Waals surface area contributed by atoms with E-state index in [-0.39, 0.29) is 5.91 Å². The number of likely N-dealkylation sites (tertiary alicyclic amines) is 1. The maximum atomic E-state index is 12.8. The van der Waals surface area contributed by atoms with E-state index in [4.69, 9.17) is 0 Å². The van der Waals surface area contributed by atoms with Crippen LogP contribution in [0.2, 0.25) is 0 Å². The van der Waals surface area contributed by atoms with Crippen LogP contribution in [0.1, 0.15) is 9.67 Å². The van der Waals surface area contributed by atoms with Crippen molar-refractivity contribution < 1.29 is 4.79 Å². The minimum absolute atomic E-state index is 0.207. The van der Waals surface area contributed by atoms with E-state index in [0.717, 1.165) is 42.2 Å². The van der Waals surface area contributed by atoms with Crippen LogP contribution in [-0.2, 0) is 0 Å². The van der Waals surface area contributed by atoms with Gasteiger partial charge in [0.15, 0.2) is 0 Å². The highest BCUT2D eigenvalue weighted by molar-refractivity contribution is 7.12. The van der Waals surface area contributed by atoms with E-state index in [0.29, 0.717) is 11.8 Å². The van der Waals surface area contributed by atoms with E-state index in [2.05, 4.69) is 28.4 Å². The number of amides is 1. The molecule has 2 fully saturated rings. The number of fused-ring (bicyclic) bond motifs is 1. The average molecular weight is 298 g/mol. The molecule has 1 aromatic carbocycles. The van der Waals surface area contributed by atoms with E-state index >= 15 is 0 Å². The first kappa shape index (κ1) is 13.0. The summed E-state index contributed by atoms with van der Waals surface area (Å²) < 4.78 is 0. The third-order valence-electron chi connectivity index (χ3n) is 4.62. The number of benzene rings is 1. The van der Waals surface area contributed by atoms with Crippen molar-refractivity contribution in [1.29, 1.82) is 0 Å². The Hall–Kier alpha value is -1.65. The van der Waals surface area contributed by atoms with Crippen LogP contribution in [0.3, 0.4) is 0 Å². The summed E-state index contributed by atoms with van der Waals surface area (Å²) in [6, 6.07) is 12.3. The van der Waals surface area contributed by atoms with Crippen LogP contribution in [0.15, 0.2) is 41.8 Å². The molecule has 1 amide bonds. The molecule has 0 aliphatic carbocycles. The number of thiophene rings is 1. The molecule has 4 rings (SSSR count). The molecular weight excluding hydrogens is 280 g/mol. The first-order chi connectivity index (χ1) is 10.3. The zero-order valence-electron chi connectivity index (χ0n) is 11.8. The molecule has 0 bridgehead atoms. The fraction of sp³-hybridized carbons (Fsp3) is 0.353. The summed E-state index contributed by atoms with van der Waals surface area (Å²) in [7, 11) is 0. The van der Waals surface area contributed by atoms with Crippen molar-refractivity contribution in [2.24, 2.45) is 11.8 Å². The van der Waals surface area contributed by atoms with Crippen LogP contribution >= 0.6 is 11.3 Å². The Bertz CT molecular complexity index is 640. The molecule has 0 unspecified atom stereocenters. The quantitative estimate of drug-likeness (QED) is 0.924. The molecule has 0 spiro atoms. The van der Waals surface area contributed by atoms with Crippen molar-refractivity contribution >= 4 is 17.2 Å². The Morgan fingerprint density at radius 2 is 1.81 bits per heavy atom. The van der Waals surface area contributed by atoms with Crippen LogP contribution < -0.4 is 5.32 Å². The van der Waals surface area contributed by atoms with Gasteiger partial charge in [-0.1, -0.05) is 30.3 Å². The molecule has 3 heterocycles. The normalized spacial score (nSPS) is 24.3. The van der Waals surface area contributed by atoms with Crippen molar-refractivity contribution in [3.63, 3.8) is 0 Å². The molecule has 4 heteroatoms. The van der Waals surface area contributed by atoms with Gasteiger partial charge in [-0.2, -0.15) is 0 Å². The molecule has 2 aromatic rings. The van der Waals surface area contributed by atoms with Crippen LogP contribution in [0.4, 0.5) is 0 Å². The second-order valence-corrected chi connectivity index (χ2v) is 6.83. The van der Waals surface area contributed by atoms with Gasteiger partial charge in [0.1, 0.15) is 0 Å². The molecule has 1 N–H and O–H groups in total. The number of rotatable bonds is 2. The largest absolute Gasteiger partial charge is 0.337 e. The highest BCUT2D eigenvalue weighted by Gasteiger charge is 2.38. The van der Waals surface area contributed by atoms with Crippen LogP contribution in [0.5, 0.6) is 0 Å². The summed E-state index contributed by atoms with van der Waals surface area (Å²) in [5.74, 6) is 1.50. The maximum absolute atomic E-state index is 12.8. The lowest BCUT2D eigenvalue weighted by Crippen LogP contribution is -2.31. The fourth-order valence-corrected chi connectivity index (χ4v) is 4.37. The second-order valence-electron chi connectivity index (χ2n) is 5.92. The number of hydrogen-bond acceptors (Lipinski definition) is 3. The Labute approximate surface area is 128 Å². The Morgan fingerprint density at radius 3 is 2.52 bits per heavy atom. The van der Waals surface area contributed by atoms with E-state index in [1.54, 1.807) is 11.3 Å². The second kappa shape index (κ2) is 5.28. The molecule has 1 aromatic heterocycles. The third kappa shape index (κ3) is 2.28. The molecule has 2 saturated heterocycles. The third-order valence-corrected chi connectivity index (χ3v) is 5.52. The summed E-state index contributed by atoms with van der Waals surface area (Å²) in [4.78, 5) is 15.8. The molecular formula is C17H18N2OS. The monoisotopic (exact) mass is 298 g/mol. The molecule has 2 aliphatic rings. The molecule has 0 radical (unpaired) electrons. The highest BCUT2D eigenvalue weighted by Crippen LogP contribution is 2.32. The van der Waals surface area contributed by atoms with Gasteiger partial charge in [-0.3, -0.25) is 4.79 Å². The summed E-state index contributed by atoms with van der Waals surface area (Å²) in [5.41, 5.74) is 2.20. The predicted molar refractivity (Wildman–Crippen MR) is 85.5 cm³/mol. The Kier molecular flexibility index (Phi) is 3.28. The van der Waals surface area contributed by atoms with Gasteiger partial charge < -0.3 is 10.2 Å². The lowest BCUT2D eigenvalue weighted by Gasteiger charge is -2.17. The van der Waals surface area contributed by atoms with E-state index in [1.807, 2.05) is 23.6 Å². The van der Waals surface area contributed by atoms with Gasteiger partial charge in [0.25, 0.3) is 5.91 Å².